The van der Waals surface area contributed by atoms with Gasteiger partial charge < -0.3 is 4.74 Å². The summed E-state index contributed by atoms with van der Waals surface area (Å²) in [5.41, 5.74) is 2.70. The molecule has 0 atom stereocenters. The van der Waals surface area contributed by atoms with Crippen LogP contribution in [0, 0.1) is 0 Å². The molecule has 0 radical (unpaired) electrons. The van der Waals surface area contributed by atoms with E-state index in [1.807, 2.05) is 30.3 Å². The molecule has 2 nitrogen and oxygen atoms in total. The van der Waals surface area contributed by atoms with Crippen molar-refractivity contribution in [1.29, 1.82) is 0 Å². The van der Waals surface area contributed by atoms with Gasteiger partial charge in [-0.1, -0.05) is 56.1 Å². The summed E-state index contributed by atoms with van der Waals surface area (Å²) in [5, 5.41) is 1.45. The van der Waals surface area contributed by atoms with Gasteiger partial charge in [-0.15, -0.1) is 0 Å². The number of alkyl halides is 2. The Hall–Kier alpha value is -1.13. The predicted octanol–water partition coefficient (Wildman–Crippen LogP) is 4.70. The van der Waals surface area contributed by atoms with Crippen LogP contribution in [0.25, 0.3) is 0 Å². The molecule has 19 heavy (non-hydrogen) atoms. The Morgan fingerprint density at radius 3 is 2.05 bits per heavy atom. The maximum Gasteiger partial charge on any atom is 0.343 e. The summed E-state index contributed by atoms with van der Waals surface area (Å²) in [5.74, 6) is 0.230. The Morgan fingerprint density at radius 2 is 1.53 bits per heavy atom. The molecule has 2 rings (SSSR count). The number of benzene rings is 2. The van der Waals surface area contributed by atoms with Crippen LogP contribution in [-0.2, 0) is 10.7 Å². The van der Waals surface area contributed by atoms with Crippen molar-refractivity contribution < 1.29 is 9.53 Å². The first-order valence-corrected chi connectivity index (χ1v) is 7.99. The molecule has 0 aromatic heterocycles. The van der Waals surface area contributed by atoms with Crippen LogP contribution < -0.4 is 4.74 Å². The molecule has 0 heterocycles. The van der Waals surface area contributed by atoms with Crippen LogP contribution in [0.5, 0.6) is 5.75 Å². The van der Waals surface area contributed by atoms with Crippen molar-refractivity contribution in [3.05, 3.63) is 65.2 Å². The van der Waals surface area contributed by atoms with Gasteiger partial charge in [-0.25, -0.2) is 4.79 Å². The van der Waals surface area contributed by atoms with E-state index in [-0.39, 0.29) is 5.97 Å². The van der Waals surface area contributed by atoms with E-state index in [4.69, 9.17) is 4.74 Å². The number of rotatable bonds is 4. The number of halogens is 2. The molecular weight excluding hydrogens is 372 g/mol. The van der Waals surface area contributed by atoms with Crippen molar-refractivity contribution in [2.24, 2.45) is 0 Å². The van der Waals surface area contributed by atoms with Crippen LogP contribution >= 0.6 is 31.9 Å². The number of hydrogen-bond acceptors (Lipinski definition) is 2. The van der Waals surface area contributed by atoms with E-state index < -0.39 is 0 Å². The Bertz CT molecular complexity index is 545. The van der Waals surface area contributed by atoms with Gasteiger partial charge in [0.05, 0.1) is 5.56 Å². The molecule has 0 amide bonds. The first-order chi connectivity index (χ1) is 9.22. The fourth-order valence-electron chi connectivity index (χ4n) is 1.68. The van der Waals surface area contributed by atoms with Crippen molar-refractivity contribution >= 4 is 37.8 Å². The zero-order chi connectivity index (χ0) is 13.7. The lowest BCUT2D eigenvalue weighted by Crippen LogP contribution is -2.08. The summed E-state index contributed by atoms with van der Waals surface area (Å²) < 4.78 is 5.40. The normalized spacial score (nSPS) is 10.2. The number of carbonyl (C=O) groups excluding carboxylic acids is 1. The quantitative estimate of drug-likeness (QED) is 0.434. The van der Waals surface area contributed by atoms with Gasteiger partial charge in [-0.05, 0) is 35.4 Å². The van der Waals surface area contributed by atoms with Gasteiger partial charge in [0.1, 0.15) is 5.75 Å². The highest BCUT2D eigenvalue weighted by atomic mass is 79.9. The molecule has 0 saturated carbocycles. The monoisotopic (exact) mass is 382 g/mol. The maximum absolute atomic E-state index is 12.0. The van der Waals surface area contributed by atoms with Gasteiger partial charge in [0, 0.05) is 10.7 Å². The molecule has 0 aliphatic carbocycles. The fourth-order valence-corrected chi connectivity index (χ4v) is 2.33. The molecule has 98 valence electrons. The summed E-state index contributed by atoms with van der Waals surface area (Å²) in [6.45, 7) is 0. The van der Waals surface area contributed by atoms with Gasteiger partial charge in [0.25, 0.3) is 0 Å². The summed E-state index contributed by atoms with van der Waals surface area (Å²) >= 11 is 6.82. The number of carbonyl (C=O) groups is 1. The Labute approximate surface area is 129 Å². The van der Waals surface area contributed by atoms with Crippen molar-refractivity contribution in [3.8, 4) is 5.75 Å². The second kappa shape index (κ2) is 6.87. The second-order valence-electron chi connectivity index (χ2n) is 4.01. The Morgan fingerprint density at radius 1 is 0.947 bits per heavy atom. The maximum atomic E-state index is 12.0. The van der Waals surface area contributed by atoms with E-state index in [0.29, 0.717) is 11.3 Å². The van der Waals surface area contributed by atoms with Crippen molar-refractivity contribution in [2.75, 3.05) is 0 Å². The van der Waals surface area contributed by atoms with E-state index in [0.717, 1.165) is 21.8 Å². The van der Waals surface area contributed by atoms with Gasteiger partial charge in [0.15, 0.2) is 0 Å². The standard InChI is InChI=1S/C15H12Br2O2/c16-9-11-6-12(10-17)8-14(7-11)19-15(18)13-4-2-1-3-5-13/h1-8H,9-10H2. The molecule has 0 bridgehead atoms. The van der Waals surface area contributed by atoms with Crippen LogP contribution in [0.4, 0.5) is 0 Å². The lowest BCUT2D eigenvalue weighted by atomic mass is 10.1. The third-order valence-electron chi connectivity index (χ3n) is 2.55. The SMILES string of the molecule is O=C(Oc1cc(CBr)cc(CBr)c1)c1ccccc1. The average molecular weight is 384 g/mol. The average Bonchev–Trinajstić information content (AvgIpc) is 2.47. The lowest BCUT2D eigenvalue weighted by Gasteiger charge is -2.08. The zero-order valence-electron chi connectivity index (χ0n) is 10.1. The van der Waals surface area contributed by atoms with Crippen LogP contribution in [0.2, 0.25) is 0 Å². The molecule has 0 aliphatic heterocycles. The number of hydrogen-bond donors (Lipinski definition) is 0. The molecule has 0 spiro atoms. The third kappa shape index (κ3) is 3.91. The first kappa shape index (κ1) is 14.3. The molecule has 4 heteroatoms. The van der Waals surface area contributed by atoms with Crippen molar-refractivity contribution in [2.45, 2.75) is 10.7 Å². The van der Waals surface area contributed by atoms with Crippen LogP contribution in [-0.4, -0.2) is 5.97 Å². The topological polar surface area (TPSA) is 26.3 Å². The molecule has 2 aromatic rings. The molecule has 0 fully saturated rings. The second-order valence-corrected chi connectivity index (χ2v) is 5.13. The number of ether oxygens (including phenoxy) is 1. The van der Waals surface area contributed by atoms with E-state index in [1.54, 1.807) is 12.1 Å². The molecule has 0 N–H and O–H groups in total. The molecule has 0 saturated heterocycles. The summed E-state index contributed by atoms with van der Waals surface area (Å²) in [7, 11) is 0. The van der Waals surface area contributed by atoms with Crippen LogP contribution in [0.3, 0.4) is 0 Å². The van der Waals surface area contributed by atoms with Gasteiger partial charge >= 0.3 is 5.97 Å². The van der Waals surface area contributed by atoms with Gasteiger partial charge in [-0.3, -0.25) is 0 Å². The Kier molecular flexibility index (Phi) is 5.16. The molecule has 0 unspecified atom stereocenters. The highest BCUT2D eigenvalue weighted by Gasteiger charge is 2.09. The predicted molar refractivity (Wildman–Crippen MR) is 83.1 cm³/mol. The van der Waals surface area contributed by atoms with E-state index in [9.17, 15) is 4.79 Å². The first-order valence-electron chi connectivity index (χ1n) is 5.75. The minimum Gasteiger partial charge on any atom is -0.423 e. The molecule has 2 aromatic carbocycles. The minimum atomic E-state index is -0.340. The largest absolute Gasteiger partial charge is 0.423 e. The molecule has 0 aliphatic rings. The number of esters is 1. The smallest absolute Gasteiger partial charge is 0.343 e. The van der Waals surface area contributed by atoms with E-state index >= 15 is 0 Å². The summed E-state index contributed by atoms with van der Waals surface area (Å²) in [4.78, 5) is 12.0. The van der Waals surface area contributed by atoms with Crippen LogP contribution in [0.1, 0.15) is 21.5 Å². The minimum absolute atomic E-state index is 0.340. The fraction of sp³-hybridized carbons (Fsp3) is 0.133. The van der Waals surface area contributed by atoms with Crippen molar-refractivity contribution in [3.63, 3.8) is 0 Å². The Balaban J connectivity index is 2.21. The van der Waals surface area contributed by atoms with Gasteiger partial charge in [0.2, 0.25) is 0 Å². The highest BCUT2D eigenvalue weighted by Crippen LogP contribution is 2.22. The third-order valence-corrected chi connectivity index (χ3v) is 3.85. The summed E-state index contributed by atoms with van der Waals surface area (Å²) in [6, 6.07) is 14.8. The van der Waals surface area contributed by atoms with Crippen LogP contribution in [0.15, 0.2) is 48.5 Å². The van der Waals surface area contributed by atoms with Gasteiger partial charge in [-0.2, -0.15) is 0 Å². The van der Waals surface area contributed by atoms with Crippen molar-refractivity contribution in [1.82, 2.24) is 0 Å². The summed E-state index contributed by atoms with van der Waals surface area (Å²) in [6.07, 6.45) is 0. The zero-order valence-corrected chi connectivity index (χ0v) is 13.3. The van der Waals surface area contributed by atoms with E-state index in [1.165, 1.54) is 0 Å². The lowest BCUT2D eigenvalue weighted by molar-refractivity contribution is 0.0734. The molecular formula is C15H12Br2O2. The van der Waals surface area contributed by atoms with E-state index in [2.05, 4.69) is 37.9 Å². The highest BCUT2D eigenvalue weighted by molar-refractivity contribution is 9.08.